The van der Waals surface area contributed by atoms with Crippen LogP contribution in [-0.4, -0.2) is 123 Å². The van der Waals surface area contributed by atoms with Crippen molar-refractivity contribution < 1.29 is 38.1 Å². The average molecular weight is 983 g/mol. The third kappa shape index (κ3) is 10.1. The summed E-state index contributed by atoms with van der Waals surface area (Å²) in [6.45, 7) is 3.23. The van der Waals surface area contributed by atoms with E-state index in [-0.39, 0.29) is 53.0 Å². The maximum Gasteiger partial charge on any atom is 0.407 e. The largest absolute Gasteiger partial charge is 0.453 e. The minimum absolute atomic E-state index is 0.0275. The molecule has 8 atom stereocenters. The highest BCUT2D eigenvalue weighted by atomic mass is 16.5. The maximum absolute atomic E-state index is 14.7. The average Bonchev–Trinajstić information content (AvgIpc) is 4.29. The normalized spacial score (nSPS) is 26.3. The smallest absolute Gasteiger partial charge is 0.407 e. The fourth-order valence-electron chi connectivity index (χ4n) is 13.3. The van der Waals surface area contributed by atoms with Gasteiger partial charge in [0.05, 0.1) is 61.3 Å². The van der Waals surface area contributed by atoms with Gasteiger partial charge < -0.3 is 49.3 Å². The first kappa shape index (κ1) is 49.4. The summed E-state index contributed by atoms with van der Waals surface area (Å²) in [7, 11) is 2.66. The van der Waals surface area contributed by atoms with Crippen molar-refractivity contribution in [3.63, 3.8) is 0 Å². The summed E-state index contributed by atoms with van der Waals surface area (Å²) in [6.07, 6.45) is 23.3. The van der Waals surface area contributed by atoms with E-state index in [9.17, 15) is 19.2 Å². The van der Waals surface area contributed by atoms with Crippen LogP contribution in [0.5, 0.6) is 0 Å². The van der Waals surface area contributed by atoms with Crippen LogP contribution in [-0.2, 0) is 35.0 Å². The van der Waals surface area contributed by atoms with Gasteiger partial charge in [-0.05, 0) is 118 Å². The monoisotopic (exact) mass is 983 g/mol. The molecule has 6 heterocycles. The van der Waals surface area contributed by atoms with Gasteiger partial charge in [0, 0.05) is 31.7 Å². The van der Waals surface area contributed by atoms with Gasteiger partial charge in [-0.3, -0.25) is 9.59 Å². The molecule has 4 aliphatic heterocycles. The molecule has 2 aliphatic carbocycles. The first-order chi connectivity index (χ1) is 35.0. The second-order valence-corrected chi connectivity index (χ2v) is 21.3. The van der Waals surface area contributed by atoms with E-state index in [1.165, 1.54) is 14.2 Å². The summed E-state index contributed by atoms with van der Waals surface area (Å²) in [5, 5.41) is 5.85. The van der Waals surface area contributed by atoms with Crippen LogP contribution in [0.25, 0.3) is 33.6 Å². The number of rotatable bonds is 12. The van der Waals surface area contributed by atoms with Gasteiger partial charge >= 0.3 is 12.2 Å². The maximum atomic E-state index is 14.7. The van der Waals surface area contributed by atoms with Gasteiger partial charge in [-0.25, -0.2) is 19.6 Å². The van der Waals surface area contributed by atoms with Crippen molar-refractivity contribution in [2.75, 3.05) is 27.4 Å². The number of alkyl carbamates (subject to hydrolysis) is 2. The first-order valence-electron chi connectivity index (χ1n) is 26.4. The first-order valence-corrected chi connectivity index (χ1v) is 26.4. The zero-order valence-electron chi connectivity index (χ0n) is 42.0. The zero-order chi connectivity index (χ0) is 50.0. The number of nitrogens with zero attached hydrogens (tertiary/aromatic N) is 4. The van der Waals surface area contributed by atoms with Crippen molar-refractivity contribution in [1.82, 2.24) is 40.4 Å². The predicted octanol–water partition coefficient (Wildman–Crippen LogP) is 8.65. The molecule has 0 radical (unpaired) electrons. The number of imidazole rings is 2. The molecule has 16 nitrogen and oxygen atoms in total. The Bertz CT molecular complexity index is 2610. The Kier molecular flexibility index (Phi) is 14.5. The quantitative estimate of drug-likeness (QED) is 0.0999. The van der Waals surface area contributed by atoms with E-state index in [0.717, 1.165) is 110 Å². The van der Waals surface area contributed by atoms with E-state index in [4.69, 9.17) is 35.3 Å². The Morgan fingerprint density at radius 2 is 1.19 bits per heavy atom. The highest BCUT2D eigenvalue weighted by molar-refractivity contribution is 5.88. The van der Waals surface area contributed by atoms with E-state index in [1.54, 1.807) is 11.1 Å². The molecule has 8 unspecified atom stereocenters. The second-order valence-electron chi connectivity index (χ2n) is 21.3. The summed E-state index contributed by atoms with van der Waals surface area (Å²) in [5.74, 6) is 3.91. The number of aromatic nitrogens is 4. The number of nitrogens with one attached hydrogen (secondary N) is 4. The summed E-state index contributed by atoms with van der Waals surface area (Å²) < 4.78 is 22.6. The van der Waals surface area contributed by atoms with Gasteiger partial charge in [0.2, 0.25) is 11.8 Å². The molecule has 16 heteroatoms. The number of benzene rings is 2. The van der Waals surface area contributed by atoms with Crippen molar-refractivity contribution >= 4 is 24.0 Å². The van der Waals surface area contributed by atoms with E-state index in [0.29, 0.717) is 57.6 Å². The number of H-pyrrole nitrogens is 2. The highest BCUT2D eigenvalue weighted by Gasteiger charge is 2.50. The molecule has 10 rings (SSSR count). The van der Waals surface area contributed by atoms with E-state index < -0.39 is 30.3 Å². The molecule has 0 bridgehead atoms. The highest BCUT2D eigenvalue weighted by Crippen LogP contribution is 2.46. The van der Waals surface area contributed by atoms with Crippen LogP contribution in [0.2, 0.25) is 0 Å². The molecule has 4 amide bonds. The van der Waals surface area contributed by atoms with Gasteiger partial charge in [0.15, 0.2) is 0 Å². The fraction of sp³-hybridized carbons (Fsp3) is 0.571. The van der Waals surface area contributed by atoms with E-state index in [1.807, 2.05) is 11.1 Å². The van der Waals surface area contributed by atoms with Crippen LogP contribution >= 0.6 is 0 Å². The zero-order valence-corrected chi connectivity index (χ0v) is 42.0. The minimum Gasteiger partial charge on any atom is -0.453 e. The van der Waals surface area contributed by atoms with Gasteiger partial charge in [-0.1, -0.05) is 80.1 Å². The third-order valence-electron chi connectivity index (χ3n) is 17.1. The number of amides is 4. The molecular weight excluding hydrogens is 913 g/mol. The summed E-state index contributed by atoms with van der Waals surface area (Å²) in [5.41, 5.74) is 5.33. The fourth-order valence-corrected chi connectivity index (χ4v) is 13.3. The van der Waals surface area contributed by atoms with Crippen molar-refractivity contribution in [2.24, 2.45) is 11.8 Å². The van der Waals surface area contributed by atoms with Crippen molar-refractivity contribution in [3.8, 4) is 46.0 Å². The van der Waals surface area contributed by atoms with Gasteiger partial charge in [0.25, 0.3) is 0 Å². The van der Waals surface area contributed by atoms with Gasteiger partial charge in [-0.2, -0.15) is 0 Å². The summed E-state index contributed by atoms with van der Waals surface area (Å²) in [4.78, 5) is 75.0. The number of hydrogen-bond donors (Lipinski definition) is 4. The molecule has 2 spiro atoms. The topological polar surface area (TPSA) is 193 Å². The molecule has 2 saturated carbocycles. The second kappa shape index (κ2) is 21.1. The van der Waals surface area contributed by atoms with Crippen molar-refractivity contribution in [3.05, 3.63) is 72.6 Å². The number of ether oxygens (including phenoxy) is 4. The van der Waals surface area contributed by atoms with Gasteiger partial charge in [0.1, 0.15) is 23.7 Å². The van der Waals surface area contributed by atoms with Crippen molar-refractivity contribution in [1.29, 1.82) is 0 Å². The van der Waals surface area contributed by atoms with Gasteiger partial charge in [-0.15, -0.1) is 6.42 Å². The number of hydrogen-bond acceptors (Lipinski definition) is 10. The molecule has 4 N–H and O–H groups in total. The SMILES string of the molecule is C#CC1CCC(c2ncc(-c3ccc(-c4ccc(-c5cnc(CC6CCC(C)N6C(=O)C(NC(=O)OC)C6CCOC7(CCCC7)C6)[nH]5)cc4)cc3)[nH]2)N1C(=O)C(NC(=O)OC)C1CCOC2(CCCC2)C1. The van der Waals surface area contributed by atoms with Crippen LogP contribution in [0.1, 0.15) is 127 Å². The van der Waals surface area contributed by atoms with Crippen LogP contribution in [0.3, 0.4) is 0 Å². The minimum atomic E-state index is -0.802. The molecule has 6 fully saturated rings. The number of carbonyl (C=O) groups excluding carboxylic acids is 4. The summed E-state index contributed by atoms with van der Waals surface area (Å²) >= 11 is 0. The molecule has 2 aromatic carbocycles. The van der Waals surface area contributed by atoms with E-state index >= 15 is 0 Å². The summed E-state index contributed by atoms with van der Waals surface area (Å²) in [6, 6.07) is 14.3. The molecule has 4 aromatic rings. The van der Waals surface area contributed by atoms with Crippen LogP contribution in [0, 0.1) is 24.2 Å². The Morgan fingerprint density at radius 1 is 0.694 bits per heavy atom. The number of aromatic amines is 2. The van der Waals surface area contributed by atoms with E-state index in [2.05, 4.69) is 82.0 Å². The lowest BCUT2D eigenvalue weighted by Gasteiger charge is -2.42. The van der Waals surface area contributed by atoms with Crippen molar-refractivity contribution in [2.45, 2.75) is 164 Å². The lowest BCUT2D eigenvalue weighted by molar-refractivity contribution is -0.143. The number of terminal acetylenes is 1. The molecule has 2 aromatic heterocycles. The molecule has 382 valence electrons. The molecule has 6 aliphatic rings. The number of carbonyl (C=O) groups is 4. The van der Waals surface area contributed by atoms with Crippen LogP contribution < -0.4 is 10.6 Å². The lowest BCUT2D eigenvalue weighted by atomic mass is 9.80. The Balaban J connectivity index is 0.788. The number of methoxy groups -OCH3 is 2. The molecule has 4 saturated heterocycles. The Hall–Kier alpha value is -6.18. The third-order valence-corrected chi connectivity index (χ3v) is 17.1. The van der Waals surface area contributed by atoms with Crippen LogP contribution in [0.4, 0.5) is 9.59 Å². The van der Waals surface area contributed by atoms with Crippen LogP contribution in [0.15, 0.2) is 60.9 Å². The predicted molar refractivity (Wildman–Crippen MR) is 270 cm³/mol. The Morgan fingerprint density at radius 3 is 1.72 bits per heavy atom. The molecule has 72 heavy (non-hydrogen) atoms. The Labute approximate surface area is 422 Å². The lowest BCUT2D eigenvalue weighted by Crippen LogP contribution is -2.57. The standard InChI is InChI=1S/C56H70N8O8/c1-5-42-20-21-46(64(42)52(66)49(62-54(68)70-4)41-23-29-72-56(32-41)26-8-9-27-56)50-58-34-45(60-50)39-17-13-37(14-18-39)36-11-15-38(16-12-36)44-33-57-47(59-44)30-43-19-10-35(2)63(43)51(65)48(61-53(67)69-3)40-22-28-71-55(31-40)24-6-7-25-55/h1,11-18,33-35,40-43,46,48-49H,6-10,19-32H2,2-4H3,(H,57,59)(H,58,60)(H,61,67)(H,62,68). The molecular formula is C56H70N8O8. The number of likely N-dealkylation sites (tertiary alicyclic amines) is 2.